The first-order chi connectivity index (χ1) is 16.5. The van der Waals surface area contributed by atoms with Gasteiger partial charge in [-0.2, -0.15) is 0 Å². The van der Waals surface area contributed by atoms with Crippen LogP contribution in [0.3, 0.4) is 0 Å². The van der Waals surface area contributed by atoms with Crippen molar-refractivity contribution in [2.75, 3.05) is 18.5 Å². The van der Waals surface area contributed by atoms with E-state index in [2.05, 4.69) is 25.3 Å². The molecule has 0 saturated carbocycles. The third-order valence-electron chi connectivity index (χ3n) is 6.19. The number of nitrogens with two attached hydrogens (primary N) is 1. The van der Waals surface area contributed by atoms with E-state index in [1.807, 2.05) is 12.1 Å². The summed E-state index contributed by atoms with van der Waals surface area (Å²) in [7, 11) is 0. The fraction of sp³-hybridized carbons (Fsp3) is 0.348. The summed E-state index contributed by atoms with van der Waals surface area (Å²) in [6.07, 6.45) is 6.72. The number of aromatic amines is 1. The van der Waals surface area contributed by atoms with Crippen LogP contribution in [0.2, 0.25) is 5.02 Å². The number of halogens is 1. The minimum absolute atomic E-state index is 0.235. The number of benzene rings is 1. The van der Waals surface area contributed by atoms with Gasteiger partial charge in [-0.25, -0.2) is 15.0 Å². The number of hydrogen-bond donors (Lipinski definition) is 3. The van der Waals surface area contributed by atoms with E-state index in [1.165, 1.54) is 11.2 Å². The predicted octanol–water partition coefficient (Wildman–Crippen LogP) is 2.16. The Bertz CT molecular complexity index is 1210. The highest BCUT2D eigenvalue weighted by Gasteiger charge is 2.36. The molecule has 1 aromatic carbocycles. The summed E-state index contributed by atoms with van der Waals surface area (Å²) in [6, 6.07) is 4.94. The topological polar surface area (TPSA) is 139 Å². The second-order valence-corrected chi connectivity index (χ2v) is 8.83. The number of nitrogens with one attached hydrogen (secondary N) is 2. The van der Waals surface area contributed by atoms with Crippen LogP contribution in [0, 0.1) is 0 Å². The van der Waals surface area contributed by atoms with Crippen LogP contribution in [0.1, 0.15) is 34.5 Å². The minimum atomic E-state index is -0.790. The molecule has 0 spiro atoms. The van der Waals surface area contributed by atoms with E-state index in [0.717, 1.165) is 24.1 Å². The zero-order valence-corrected chi connectivity index (χ0v) is 19.1. The first-order valence-corrected chi connectivity index (χ1v) is 11.4. The lowest BCUT2D eigenvalue weighted by molar-refractivity contribution is -0.122. The summed E-state index contributed by atoms with van der Waals surface area (Å²) in [5.74, 6) is -0.349. The second-order valence-electron chi connectivity index (χ2n) is 8.43. The molecule has 2 amide bonds. The van der Waals surface area contributed by atoms with Gasteiger partial charge in [-0.15, -0.1) is 0 Å². The highest BCUT2D eigenvalue weighted by atomic mass is 35.5. The number of H-pyrrole nitrogens is 1. The summed E-state index contributed by atoms with van der Waals surface area (Å²) in [4.78, 5) is 42.8. The maximum atomic E-state index is 13.3. The van der Waals surface area contributed by atoms with Gasteiger partial charge >= 0.3 is 0 Å². The molecule has 4 N–H and O–H groups in total. The molecular formula is C23H24ClN7O3. The highest BCUT2D eigenvalue weighted by Crippen LogP contribution is 2.32. The summed E-state index contributed by atoms with van der Waals surface area (Å²) >= 11 is 6.42. The lowest BCUT2D eigenvalue weighted by Crippen LogP contribution is -2.46. The SMILES string of the molecule is NC(=O)[C@@H](Cc1cnc[nH]1)N1Cc2ccc(-c3nc(NC4CCOCC4)ncc3Cl)cc2C1=O. The predicted molar refractivity (Wildman–Crippen MR) is 125 cm³/mol. The molecule has 0 aliphatic carbocycles. The molecule has 176 valence electrons. The molecular weight excluding hydrogens is 458 g/mol. The highest BCUT2D eigenvalue weighted by molar-refractivity contribution is 6.33. The first kappa shape index (κ1) is 22.3. The van der Waals surface area contributed by atoms with E-state index >= 15 is 0 Å². The van der Waals surface area contributed by atoms with Crippen LogP contribution < -0.4 is 11.1 Å². The maximum Gasteiger partial charge on any atom is 0.255 e. The molecule has 5 rings (SSSR count). The van der Waals surface area contributed by atoms with Crippen molar-refractivity contribution in [2.45, 2.75) is 37.9 Å². The van der Waals surface area contributed by atoms with Crippen molar-refractivity contribution < 1.29 is 14.3 Å². The molecule has 4 heterocycles. The Morgan fingerprint density at radius 1 is 1.32 bits per heavy atom. The van der Waals surface area contributed by atoms with Gasteiger partial charge in [0.1, 0.15) is 6.04 Å². The van der Waals surface area contributed by atoms with Crippen molar-refractivity contribution in [1.82, 2.24) is 24.8 Å². The number of ether oxygens (including phenoxy) is 1. The number of anilines is 1. The number of imidazole rings is 1. The fourth-order valence-electron chi connectivity index (χ4n) is 4.36. The molecule has 0 radical (unpaired) electrons. The van der Waals surface area contributed by atoms with Crippen molar-refractivity contribution in [3.8, 4) is 11.3 Å². The van der Waals surface area contributed by atoms with Gasteiger partial charge in [0, 0.05) is 55.2 Å². The quantitative estimate of drug-likeness (QED) is 0.469. The van der Waals surface area contributed by atoms with Crippen molar-refractivity contribution in [1.29, 1.82) is 0 Å². The van der Waals surface area contributed by atoms with Crippen LogP contribution in [-0.2, 0) is 22.5 Å². The Hall–Kier alpha value is -3.50. The standard InChI is InChI=1S/C23H24ClN7O3/c24-18-10-27-23(29-15-3-5-34-6-4-15)30-20(18)13-1-2-14-11-31(22(33)17(14)7-13)19(21(25)32)8-16-9-26-12-28-16/h1-2,7,9-10,12,15,19H,3-6,8,11H2,(H2,25,32)(H,26,28)(H,27,29,30)/t19-/m1/s1. The summed E-state index contributed by atoms with van der Waals surface area (Å²) < 4.78 is 5.40. The van der Waals surface area contributed by atoms with Gasteiger partial charge in [-0.3, -0.25) is 9.59 Å². The van der Waals surface area contributed by atoms with Crippen molar-refractivity contribution in [2.24, 2.45) is 5.73 Å². The number of aromatic nitrogens is 4. The number of carbonyl (C=O) groups is 2. The van der Waals surface area contributed by atoms with Crippen molar-refractivity contribution in [3.05, 3.63) is 58.8 Å². The Morgan fingerprint density at radius 3 is 2.88 bits per heavy atom. The number of rotatable bonds is 7. The zero-order valence-electron chi connectivity index (χ0n) is 18.3. The summed E-state index contributed by atoms with van der Waals surface area (Å²) in [5.41, 5.74) is 8.92. The number of fused-ring (bicyclic) bond motifs is 1. The van der Waals surface area contributed by atoms with Gasteiger partial charge < -0.3 is 25.7 Å². The Balaban J connectivity index is 1.39. The third kappa shape index (κ3) is 4.46. The van der Waals surface area contributed by atoms with E-state index < -0.39 is 11.9 Å². The average Bonchev–Trinajstić information content (AvgIpc) is 3.47. The second kappa shape index (κ2) is 9.40. The zero-order chi connectivity index (χ0) is 23.7. The maximum absolute atomic E-state index is 13.3. The van der Waals surface area contributed by atoms with Crippen molar-refractivity contribution in [3.63, 3.8) is 0 Å². The Kier molecular flexibility index (Phi) is 6.16. The number of nitrogens with zero attached hydrogens (tertiary/aromatic N) is 4. The first-order valence-electron chi connectivity index (χ1n) is 11.1. The number of carbonyl (C=O) groups excluding carboxylic acids is 2. The van der Waals surface area contributed by atoms with Gasteiger partial charge in [0.15, 0.2) is 0 Å². The smallest absolute Gasteiger partial charge is 0.255 e. The molecule has 1 atom stereocenters. The Labute approximate surface area is 200 Å². The average molecular weight is 482 g/mol. The van der Waals surface area contributed by atoms with Gasteiger partial charge in [-0.05, 0) is 24.5 Å². The largest absolute Gasteiger partial charge is 0.381 e. The van der Waals surface area contributed by atoms with E-state index in [4.69, 9.17) is 22.1 Å². The molecule has 0 bridgehead atoms. The van der Waals surface area contributed by atoms with E-state index in [-0.39, 0.29) is 18.4 Å². The lowest BCUT2D eigenvalue weighted by Gasteiger charge is -2.24. The van der Waals surface area contributed by atoms with Crippen LogP contribution in [0.4, 0.5) is 5.95 Å². The lowest BCUT2D eigenvalue weighted by atomic mass is 10.0. The van der Waals surface area contributed by atoms with Gasteiger partial charge in [0.25, 0.3) is 5.91 Å². The van der Waals surface area contributed by atoms with E-state index in [0.29, 0.717) is 47.6 Å². The molecule has 1 fully saturated rings. The molecule has 34 heavy (non-hydrogen) atoms. The number of amides is 2. The number of hydrogen-bond acceptors (Lipinski definition) is 7. The summed E-state index contributed by atoms with van der Waals surface area (Å²) in [5, 5.41) is 3.72. The molecule has 2 aliphatic heterocycles. The molecule has 3 aromatic rings. The van der Waals surface area contributed by atoms with Crippen LogP contribution in [0.25, 0.3) is 11.3 Å². The fourth-order valence-corrected chi connectivity index (χ4v) is 4.56. The van der Waals surface area contributed by atoms with Gasteiger partial charge in [0.2, 0.25) is 11.9 Å². The molecule has 2 aliphatic rings. The molecule has 2 aromatic heterocycles. The van der Waals surface area contributed by atoms with Gasteiger partial charge in [0.05, 0.1) is 23.2 Å². The molecule has 1 saturated heterocycles. The van der Waals surface area contributed by atoms with Gasteiger partial charge in [-0.1, -0.05) is 23.7 Å². The normalized spacial score (nSPS) is 17.0. The molecule has 11 heteroatoms. The van der Waals surface area contributed by atoms with Crippen LogP contribution in [-0.4, -0.2) is 61.9 Å². The third-order valence-corrected chi connectivity index (χ3v) is 6.46. The molecule has 0 unspecified atom stereocenters. The number of primary amides is 1. The van der Waals surface area contributed by atoms with Crippen molar-refractivity contribution >= 4 is 29.4 Å². The summed E-state index contributed by atoms with van der Waals surface area (Å²) in [6.45, 7) is 1.70. The van der Waals surface area contributed by atoms with Crippen LogP contribution in [0.5, 0.6) is 0 Å². The molecule has 10 nitrogen and oxygen atoms in total. The monoisotopic (exact) mass is 481 g/mol. The minimum Gasteiger partial charge on any atom is -0.381 e. The van der Waals surface area contributed by atoms with E-state index in [1.54, 1.807) is 18.5 Å². The Morgan fingerprint density at radius 2 is 2.15 bits per heavy atom. The van der Waals surface area contributed by atoms with E-state index in [9.17, 15) is 9.59 Å². The van der Waals surface area contributed by atoms with Crippen LogP contribution >= 0.6 is 11.6 Å². The van der Waals surface area contributed by atoms with Crippen LogP contribution in [0.15, 0.2) is 36.9 Å².